The van der Waals surface area contributed by atoms with Crippen LogP contribution in [0.1, 0.15) is 22.0 Å². The molecule has 0 radical (unpaired) electrons. The largest absolute Gasteiger partial charge is 0.481 e. The van der Waals surface area contributed by atoms with Gasteiger partial charge in [-0.05, 0) is 30.3 Å². The zero-order chi connectivity index (χ0) is 18.7. The molecule has 0 bridgehead atoms. The number of nitrogens with one attached hydrogen (secondary N) is 1. The van der Waals surface area contributed by atoms with E-state index in [1.807, 2.05) is 0 Å². The maximum Gasteiger partial charge on any atom is 0.286 e. The zero-order valence-electron chi connectivity index (χ0n) is 13.8. The summed E-state index contributed by atoms with van der Waals surface area (Å²) in [5.41, 5.74) is 1.15. The second-order valence-electron chi connectivity index (χ2n) is 5.49. The third kappa shape index (κ3) is 3.62. The summed E-state index contributed by atoms with van der Waals surface area (Å²) in [4.78, 5) is 28.5. The number of carbonyl (C=O) groups is 2. The SMILES string of the molecule is COc1ccc2c(n1)C(COCNc1ccc(Cl)cc1)C(=O)N(O)C2=O. The number of aromatic nitrogens is 1. The van der Waals surface area contributed by atoms with Crippen LogP contribution in [0.4, 0.5) is 5.69 Å². The average molecular weight is 378 g/mol. The second kappa shape index (κ2) is 7.69. The Kier molecular flexibility index (Phi) is 5.36. The van der Waals surface area contributed by atoms with E-state index >= 15 is 0 Å². The Balaban J connectivity index is 1.70. The van der Waals surface area contributed by atoms with Crippen molar-refractivity contribution in [1.82, 2.24) is 10.0 Å². The third-order valence-electron chi connectivity index (χ3n) is 3.88. The molecule has 1 aromatic heterocycles. The van der Waals surface area contributed by atoms with Gasteiger partial charge in [-0.25, -0.2) is 4.98 Å². The van der Waals surface area contributed by atoms with Gasteiger partial charge in [-0.1, -0.05) is 11.6 Å². The fourth-order valence-electron chi connectivity index (χ4n) is 2.52. The molecule has 1 unspecified atom stereocenters. The van der Waals surface area contributed by atoms with E-state index in [2.05, 4.69) is 10.3 Å². The highest BCUT2D eigenvalue weighted by Crippen LogP contribution is 2.29. The first-order valence-electron chi connectivity index (χ1n) is 7.70. The van der Waals surface area contributed by atoms with Gasteiger partial charge in [-0.2, -0.15) is 5.06 Å². The van der Waals surface area contributed by atoms with Gasteiger partial charge in [-0.15, -0.1) is 0 Å². The maximum absolute atomic E-state index is 12.3. The van der Waals surface area contributed by atoms with E-state index in [-0.39, 0.29) is 35.5 Å². The molecule has 0 saturated carbocycles. The number of fused-ring (bicyclic) bond motifs is 1. The van der Waals surface area contributed by atoms with E-state index in [0.717, 1.165) is 5.69 Å². The molecule has 2 heterocycles. The van der Waals surface area contributed by atoms with Gasteiger partial charge in [0.2, 0.25) is 5.88 Å². The van der Waals surface area contributed by atoms with Gasteiger partial charge in [0.25, 0.3) is 11.8 Å². The molecule has 3 rings (SSSR count). The topological polar surface area (TPSA) is 101 Å². The Hall–Kier alpha value is -2.68. The van der Waals surface area contributed by atoms with Gasteiger partial charge in [-0.3, -0.25) is 14.8 Å². The number of anilines is 1. The summed E-state index contributed by atoms with van der Waals surface area (Å²) in [6.07, 6.45) is 0. The number of hydrogen-bond acceptors (Lipinski definition) is 7. The molecule has 2 amide bonds. The summed E-state index contributed by atoms with van der Waals surface area (Å²) < 4.78 is 10.5. The predicted octanol–water partition coefficient (Wildman–Crippen LogP) is 2.28. The number of benzene rings is 1. The van der Waals surface area contributed by atoms with Gasteiger partial charge in [0.1, 0.15) is 12.6 Å². The molecule has 0 spiro atoms. The van der Waals surface area contributed by atoms with Crippen LogP contribution in [-0.2, 0) is 9.53 Å². The number of halogens is 1. The first-order valence-corrected chi connectivity index (χ1v) is 8.08. The van der Waals surface area contributed by atoms with Gasteiger partial charge in [0.15, 0.2) is 0 Å². The number of imide groups is 1. The molecular weight excluding hydrogens is 362 g/mol. The lowest BCUT2D eigenvalue weighted by molar-refractivity contribution is -0.158. The van der Waals surface area contributed by atoms with Crippen molar-refractivity contribution in [2.75, 3.05) is 25.8 Å². The van der Waals surface area contributed by atoms with Crippen LogP contribution in [0.2, 0.25) is 5.02 Å². The van der Waals surface area contributed by atoms with Gasteiger partial charge in [0, 0.05) is 16.8 Å². The summed E-state index contributed by atoms with van der Waals surface area (Å²) >= 11 is 5.82. The Morgan fingerprint density at radius 3 is 2.65 bits per heavy atom. The summed E-state index contributed by atoms with van der Waals surface area (Å²) in [6.45, 7) is 0.0427. The molecule has 0 saturated heterocycles. The van der Waals surface area contributed by atoms with Crippen LogP contribution in [0.25, 0.3) is 0 Å². The molecule has 1 aliphatic heterocycles. The molecule has 2 aromatic rings. The number of hydroxylamine groups is 2. The summed E-state index contributed by atoms with van der Waals surface area (Å²) in [5.74, 6) is -2.28. The fraction of sp³-hybridized carbons (Fsp3) is 0.235. The molecule has 1 atom stereocenters. The standard InChI is InChI=1S/C17H16ClN3O5/c1-25-14-7-6-12-15(20-14)13(17(23)21(24)16(12)22)8-26-9-19-11-4-2-10(18)3-5-11/h2-7,13,19,24H,8-9H2,1H3. The first kappa shape index (κ1) is 18.1. The second-order valence-corrected chi connectivity index (χ2v) is 5.93. The minimum absolute atomic E-state index is 0.0725. The Morgan fingerprint density at radius 1 is 1.23 bits per heavy atom. The highest BCUT2D eigenvalue weighted by atomic mass is 35.5. The summed E-state index contributed by atoms with van der Waals surface area (Å²) in [5, 5.41) is 13.5. The summed E-state index contributed by atoms with van der Waals surface area (Å²) in [7, 11) is 1.43. The van der Waals surface area contributed by atoms with Gasteiger partial charge < -0.3 is 14.8 Å². The quantitative estimate of drug-likeness (QED) is 0.344. The van der Waals surface area contributed by atoms with Crippen molar-refractivity contribution in [3.8, 4) is 5.88 Å². The van der Waals surface area contributed by atoms with Crippen LogP contribution >= 0.6 is 11.6 Å². The number of methoxy groups -OCH3 is 1. The Labute approximate surface area is 154 Å². The van der Waals surface area contributed by atoms with Crippen molar-refractivity contribution in [3.63, 3.8) is 0 Å². The highest BCUT2D eigenvalue weighted by Gasteiger charge is 2.40. The van der Waals surface area contributed by atoms with E-state index in [0.29, 0.717) is 5.02 Å². The number of ether oxygens (including phenoxy) is 2. The fourth-order valence-corrected chi connectivity index (χ4v) is 2.65. The maximum atomic E-state index is 12.3. The van der Waals surface area contributed by atoms with Crippen LogP contribution in [0.3, 0.4) is 0 Å². The highest BCUT2D eigenvalue weighted by molar-refractivity contribution is 6.30. The number of nitrogens with zero attached hydrogens (tertiary/aromatic N) is 2. The van der Waals surface area contributed by atoms with Crippen LogP contribution in [0.5, 0.6) is 5.88 Å². The van der Waals surface area contributed by atoms with E-state index in [1.54, 1.807) is 24.3 Å². The molecule has 26 heavy (non-hydrogen) atoms. The zero-order valence-corrected chi connectivity index (χ0v) is 14.6. The van der Waals surface area contributed by atoms with Crippen molar-refractivity contribution >= 4 is 29.1 Å². The Bertz CT molecular complexity index is 828. The van der Waals surface area contributed by atoms with E-state index in [4.69, 9.17) is 21.1 Å². The third-order valence-corrected chi connectivity index (χ3v) is 4.13. The number of hydrogen-bond donors (Lipinski definition) is 2. The van der Waals surface area contributed by atoms with E-state index in [1.165, 1.54) is 19.2 Å². The molecule has 0 fully saturated rings. The van der Waals surface area contributed by atoms with Crippen LogP contribution in [-0.4, -0.2) is 47.5 Å². The van der Waals surface area contributed by atoms with Crippen LogP contribution in [0, 0.1) is 0 Å². The van der Waals surface area contributed by atoms with Gasteiger partial charge in [0.05, 0.1) is 25.0 Å². The first-order chi connectivity index (χ1) is 12.5. The molecule has 1 aliphatic rings. The number of carbonyl (C=O) groups excluding carboxylic acids is 2. The molecule has 8 nitrogen and oxygen atoms in total. The molecular formula is C17H16ClN3O5. The number of pyridine rings is 1. The minimum Gasteiger partial charge on any atom is -0.481 e. The molecule has 136 valence electrons. The van der Waals surface area contributed by atoms with Crippen molar-refractivity contribution in [1.29, 1.82) is 0 Å². The summed E-state index contributed by atoms with van der Waals surface area (Å²) in [6, 6.07) is 9.98. The van der Waals surface area contributed by atoms with Crippen LogP contribution < -0.4 is 10.1 Å². The van der Waals surface area contributed by atoms with Crippen LogP contribution in [0.15, 0.2) is 36.4 Å². The average Bonchev–Trinajstić information content (AvgIpc) is 2.66. The van der Waals surface area contributed by atoms with Crippen molar-refractivity contribution in [2.45, 2.75) is 5.92 Å². The monoisotopic (exact) mass is 377 g/mol. The molecule has 9 heteroatoms. The lowest BCUT2D eigenvalue weighted by atomic mass is 9.95. The number of amides is 2. The lowest BCUT2D eigenvalue weighted by Crippen LogP contribution is -2.44. The van der Waals surface area contributed by atoms with Crippen molar-refractivity contribution < 1.29 is 24.3 Å². The predicted molar refractivity (Wildman–Crippen MR) is 92.4 cm³/mol. The van der Waals surface area contributed by atoms with E-state index in [9.17, 15) is 14.8 Å². The van der Waals surface area contributed by atoms with E-state index < -0.39 is 17.7 Å². The number of rotatable bonds is 6. The van der Waals surface area contributed by atoms with Crippen molar-refractivity contribution in [2.24, 2.45) is 0 Å². The minimum atomic E-state index is -0.921. The van der Waals surface area contributed by atoms with Gasteiger partial charge >= 0.3 is 0 Å². The Morgan fingerprint density at radius 2 is 1.96 bits per heavy atom. The molecule has 0 aliphatic carbocycles. The normalized spacial score (nSPS) is 16.4. The smallest absolute Gasteiger partial charge is 0.286 e. The lowest BCUT2D eigenvalue weighted by Gasteiger charge is -2.27. The van der Waals surface area contributed by atoms with Crippen molar-refractivity contribution in [3.05, 3.63) is 52.7 Å². The molecule has 2 N–H and O–H groups in total. The molecule has 1 aromatic carbocycles.